The van der Waals surface area contributed by atoms with Gasteiger partial charge in [0.15, 0.2) is 6.61 Å². The van der Waals surface area contributed by atoms with Crippen LogP contribution in [0.4, 0.5) is 5.69 Å². The van der Waals surface area contributed by atoms with Crippen molar-refractivity contribution in [3.63, 3.8) is 0 Å². The van der Waals surface area contributed by atoms with Gasteiger partial charge in [0.25, 0.3) is 5.91 Å². The molecule has 0 aliphatic rings. The number of carbonyl (C=O) groups excluding carboxylic acids is 2. The van der Waals surface area contributed by atoms with Crippen molar-refractivity contribution in [2.24, 2.45) is 0 Å². The van der Waals surface area contributed by atoms with Gasteiger partial charge < -0.3 is 10.1 Å². The summed E-state index contributed by atoms with van der Waals surface area (Å²) in [7, 11) is 0. The Morgan fingerprint density at radius 3 is 2.75 bits per heavy atom. The molecule has 0 aliphatic carbocycles. The Morgan fingerprint density at radius 1 is 1.38 bits per heavy atom. The van der Waals surface area contributed by atoms with Crippen molar-refractivity contribution in [2.75, 3.05) is 11.9 Å². The Hall–Kier alpha value is -1.84. The number of rotatable bonds is 4. The maximum absolute atomic E-state index is 11.4. The van der Waals surface area contributed by atoms with Crippen molar-refractivity contribution in [3.8, 4) is 0 Å². The lowest BCUT2D eigenvalue weighted by Crippen LogP contribution is -2.20. The van der Waals surface area contributed by atoms with E-state index < -0.39 is 0 Å². The Kier molecular flexibility index (Phi) is 4.51. The topological polar surface area (TPSA) is 55.4 Å². The van der Waals surface area contributed by atoms with E-state index in [0.717, 1.165) is 5.56 Å². The molecule has 0 atom stereocenters. The fourth-order valence-corrected chi connectivity index (χ4v) is 1.17. The number of ether oxygens (including phenoxy) is 1. The second-order valence-corrected chi connectivity index (χ2v) is 3.43. The zero-order valence-corrected chi connectivity index (χ0v) is 9.45. The highest BCUT2D eigenvalue weighted by molar-refractivity contribution is 5.92. The Balaban J connectivity index is 2.43. The zero-order valence-electron chi connectivity index (χ0n) is 9.45. The Labute approximate surface area is 94.6 Å². The van der Waals surface area contributed by atoms with Crippen LogP contribution in [0, 0.1) is 6.92 Å². The molecule has 0 aromatic heterocycles. The molecule has 4 nitrogen and oxygen atoms in total. The summed E-state index contributed by atoms with van der Waals surface area (Å²) in [5, 5.41) is 2.65. The molecule has 0 spiro atoms. The van der Waals surface area contributed by atoms with Crippen LogP contribution in [0.1, 0.15) is 18.9 Å². The van der Waals surface area contributed by atoms with Crippen molar-refractivity contribution in [1.29, 1.82) is 0 Å². The Bertz CT molecular complexity index is 388. The molecule has 1 amide bonds. The molecular weight excluding hydrogens is 206 g/mol. The second-order valence-electron chi connectivity index (χ2n) is 3.43. The summed E-state index contributed by atoms with van der Waals surface area (Å²) >= 11 is 0. The van der Waals surface area contributed by atoms with Crippen molar-refractivity contribution in [2.45, 2.75) is 20.3 Å². The van der Waals surface area contributed by atoms with Crippen molar-refractivity contribution < 1.29 is 14.3 Å². The highest BCUT2D eigenvalue weighted by Crippen LogP contribution is 2.09. The molecular formula is C12H15NO3. The van der Waals surface area contributed by atoms with Gasteiger partial charge in [-0.1, -0.05) is 19.1 Å². The predicted octanol–water partition coefficient (Wildman–Crippen LogP) is 1.89. The lowest BCUT2D eigenvalue weighted by molar-refractivity contribution is -0.146. The minimum absolute atomic E-state index is 0.236. The fourth-order valence-electron chi connectivity index (χ4n) is 1.17. The van der Waals surface area contributed by atoms with Crippen LogP contribution >= 0.6 is 0 Å². The van der Waals surface area contributed by atoms with Crippen molar-refractivity contribution in [1.82, 2.24) is 0 Å². The van der Waals surface area contributed by atoms with E-state index in [2.05, 4.69) is 5.32 Å². The minimum Gasteiger partial charge on any atom is -0.456 e. The Morgan fingerprint density at radius 2 is 2.12 bits per heavy atom. The van der Waals surface area contributed by atoms with E-state index in [1.165, 1.54) is 0 Å². The van der Waals surface area contributed by atoms with Gasteiger partial charge >= 0.3 is 5.97 Å². The molecule has 86 valence electrons. The van der Waals surface area contributed by atoms with Crippen LogP contribution in [0.25, 0.3) is 0 Å². The quantitative estimate of drug-likeness (QED) is 0.790. The van der Waals surface area contributed by atoms with Crippen LogP contribution in [-0.4, -0.2) is 18.5 Å². The lowest BCUT2D eigenvalue weighted by atomic mass is 10.2. The molecule has 1 N–H and O–H groups in total. The molecule has 0 saturated carbocycles. The first-order valence-electron chi connectivity index (χ1n) is 5.14. The molecule has 0 bridgehead atoms. The lowest BCUT2D eigenvalue weighted by Gasteiger charge is -2.06. The van der Waals surface area contributed by atoms with Gasteiger partial charge in [0.1, 0.15) is 0 Å². The number of aryl methyl sites for hydroxylation is 1. The summed E-state index contributed by atoms with van der Waals surface area (Å²) in [6, 6.07) is 7.42. The van der Waals surface area contributed by atoms with Crippen LogP contribution in [-0.2, 0) is 14.3 Å². The van der Waals surface area contributed by atoms with Crippen LogP contribution in [0.5, 0.6) is 0 Å². The van der Waals surface area contributed by atoms with E-state index in [1.807, 2.05) is 25.1 Å². The average molecular weight is 221 g/mol. The van der Waals surface area contributed by atoms with Gasteiger partial charge in [0, 0.05) is 12.1 Å². The van der Waals surface area contributed by atoms with E-state index in [1.54, 1.807) is 13.0 Å². The molecule has 0 aliphatic heterocycles. The van der Waals surface area contributed by atoms with E-state index in [4.69, 9.17) is 4.74 Å². The molecule has 1 rings (SSSR count). The number of hydrogen-bond donors (Lipinski definition) is 1. The monoisotopic (exact) mass is 221 g/mol. The molecule has 1 aromatic rings. The summed E-state index contributed by atoms with van der Waals surface area (Å²) in [5.74, 6) is -0.702. The fraction of sp³-hybridized carbons (Fsp3) is 0.333. The molecule has 4 heteroatoms. The molecule has 1 aromatic carbocycles. The van der Waals surface area contributed by atoms with Gasteiger partial charge in [-0.15, -0.1) is 0 Å². The van der Waals surface area contributed by atoms with Gasteiger partial charge in [0.05, 0.1) is 0 Å². The van der Waals surface area contributed by atoms with Gasteiger partial charge in [-0.3, -0.25) is 9.59 Å². The summed E-state index contributed by atoms with van der Waals surface area (Å²) in [6.45, 7) is 3.38. The number of carbonyl (C=O) groups is 2. The molecule has 0 radical (unpaired) electrons. The first-order valence-corrected chi connectivity index (χ1v) is 5.14. The summed E-state index contributed by atoms with van der Waals surface area (Å²) in [6.07, 6.45) is 0.276. The van der Waals surface area contributed by atoms with Gasteiger partial charge in [-0.25, -0.2) is 0 Å². The standard InChI is InChI=1S/C12H15NO3/c1-3-12(15)16-8-11(14)13-10-6-4-5-9(2)7-10/h4-7H,3,8H2,1-2H3,(H,13,14). The number of nitrogens with one attached hydrogen (secondary N) is 1. The maximum Gasteiger partial charge on any atom is 0.306 e. The molecule has 0 heterocycles. The highest BCUT2D eigenvalue weighted by Gasteiger charge is 2.05. The third-order valence-corrected chi connectivity index (χ3v) is 1.95. The average Bonchev–Trinajstić information content (AvgIpc) is 2.26. The van der Waals surface area contributed by atoms with Gasteiger partial charge in [0.2, 0.25) is 0 Å². The first-order chi connectivity index (χ1) is 7.61. The summed E-state index contributed by atoms with van der Waals surface area (Å²) in [4.78, 5) is 22.2. The van der Waals surface area contributed by atoms with Crippen LogP contribution < -0.4 is 5.32 Å². The van der Waals surface area contributed by atoms with Crippen molar-refractivity contribution in [3.05, 3.63) is 29.8 Å². The highest BCUT2D eigenvalue weighted by atomic mass is 16.5. The van der Waals surface area contributed by atoms with E-state index >= 15 is 0 Å². The molecule has 0 unspecified atom stereocenters. The van der Waals surface area contributed by atoms with E-state index in [9.17, 15) is 9.59 Å². The zero-order chi connectivity index (χ0) is 12.0. The van der Waals surface area contributed by atoms with Gasteiger partial charge in [-0.05, 0) is 24.6 Å². The van der Waals surface area contributed by atoms with Crippen LogP contribution in [0.2, 0.25) is 0 Å². The molecule has 0 saturated heterocycles. The smallest absolute Gasteiger partial charge is 0.306 e. The first kappa shape index (κ1) is 12.2. The van der Waals surface area contributed by atoms with Gasteiger partial charge in [-0.2, -0.15) is 0 Å². The number of amides is 1. The van der Waals surface area contributed by atoms with E-state index in [-0.39, 0.29) is 24.9 Å². The van der Waals surface area contributed by atoms with Crippen molar-refractivity contribution >= 4 is 17.6 Å². The largest absolute Gasteiger partial charge is 0.456 e. The molecule has 0 fully saturated rings. The second kappa shape index (κ2) is 5.90. The van der Waals surface area contributed by atoms with Crippen LogP contribution in [0.15, 0.2) is 24.3 Å². The molecule has 16 heavy (non-hydrogen) atoms. The number of hydrogen-bond acceptors (Lipinski definition) is 3. The normalized spacial score (nSPS) is 9.62. The van der Waals surface area contributed by atoms with E-state index in [0.29, 0.717) is 5.69 Å². The minimum atomic E-state index is -0.376. The third kappa shape index (κ3) is 4.13. The van der Waals surface area contributed by atoms with Crippen LogP contribution in [0.3, 0.4) is 0 Å². The number of anilines is 1. The number of benzene rings is 1. The maximum atomic E-state index is 11.4. The predicted molar refractivity (Wildman–Crippen MR) is 61.1 cm³/mol. The third-order valence-electron chi connectivity index (χ3n) is 1.95. The summed E-state index contributed by atoms with van der Waals surface area (Å²) < 4.78 is 4.70. The summed E-state index contributed by atoms with van der Waals surface area (Å²) in [5.41, 5.74) is 1.76. The number of esters is 1. The SMILES string of the molecule is CCC(=O)OCC(=O)Nc1cccc(C)c1.